The first-order valence-corrected chi connectivity index (χ1v) is 6.39. The molecule has 1 aliphatic carbocycles. The van der Waals surface area contributed by atoms with Crippen LogP contribution >= 0.6 is 0 Å². The quantitative estimate of drug-likeness (QED) is 0.891. The lowest BCUT2D eigenvalue weighted by molar-refractivity contribution is 0.0695. The van der Waals surface area contributed by atoms with Crippen molar-refractivity contribution in [3.8, 4) is 0 Å². The molecule has 1 saturated carbocycles. The van der Waals surface area contributed by atoms with E-state index in [1.165, 1.54) is 0 Å². The number of halogens is 2. The van der Waals surface area contributed by atoms with E-state index in [-0.39, 0.29) is 23.2 Å². The Kier molecular flexibility index (Phi) is 3.73. The van der Waals surface area contributed by atoms with Crippen molar-refractivity contribution in [1.29, 1.82) is 0 Å². The number of carboxylic acids is 1. The monoisotopic (exact) mass is 269 g/mol. The summed E-state index contributed by atoms with van der Waals surface area (Å²) < 4.78 is 28.0. The van der Waals surface area contributed by atoms with Crippen molar-refractivity contribution in [1.82, 2.24) is 0 Å². The summed E-state index contributed by atoms with van der Waals surface area (Å²) in [6.07, 6.45) is 1.85. The molecular weight excluding hydrogens is 252 g/mol. The van der Waals surface area contributed by atoms with E-state index in [9.17, 15) is 13.6 Å². The summed E-state index contributed by atoms with van der Waals surface area (Å²) in [5.41, 5.74) is -0.458. The van der Waals surface area contributed by atoms with Crippen LogP contribution in [0.3, 0.4) is 0 Å². The van der Waals surface area contributed by atoms with Crippen molar-refractivity contribution in [2.45, 2.75) is 32.7 Å². The van der Waals surface area contributed by atoms with Gasteiger partial charge >= 0.3 is 5.97 Å². The molecule has 19 heavy (non-hydrogen) atoms. The molecule has 1 fully saturated rings. The van der Waals surface area contributed by atoms with Crippen molar-refractivity contribution in [3.05, 3.63) is 29.3 Å². The summed E-state index contributed by atoms with van der Waals surface area (Å²) in [4.78, 5) is 12.5. The number of hydrogen-bond acceptors (Lipinski definition) is 2. The zero-order chi connectivity index (χ0) is 14.2. The van der Waals surface area contributed by atoms with Gasteiger partial charge in [-0.25, -0.2) is 13.6 Å². The normalized spacial score (nSPS) is 14.8. The number of hydrogen-bond donors (Lipinski definition) is 1. The van der Waals surface area contributed by atoms with E-state index in [1.807, 2.05) is 13.8 Å². The Hall–Kier alpha value is -1.65. The third-order valence-corrected chi connectivity index (χ3v) is 3.10. The molecule has 1 aromatic carbocycles. The predicted molar refractivity (Wildman–Crippen MR) is 68.5 cm³/mol. The topological polar surface area (TPSA) is 40.5 Å². The molecule has 0 unspecified atom stereocenters. The minimum absolute atomic E-state index is 0.0961. The number of carbonyl (C=O) groups is 1. The Morgan fingerprint density at radius 1 is 1.37 bits per heavy atom. The zero-order valence-electron chi connectivity index (χ0n) is 11.0. The van der Waals surface area contributed by atoms with Crippen LogP contribution < -0.4 is 4.90 Å². The molecule has 3 nitrogen and oxygen atoms in total. The van der Waals surface area contributed by atoms with Crippen LogP contribution in [0.5, 0.6) is 0 Å². The lowest BCUT2D eigenvalue weighted by Crippen LogP contribution is -2.31. The first kappa shape index (κ1) is 13.8. The zero-order valence-corrected chi connectivity index (χ0v) is 11.0. The van der Waals surface area contributed by atoms with Gasteiger partial charge in [0.2, 0.25) is 0 Å². The van der Waals surface area contributed by atoms with E-state index in [1.54, 1.807) is 4.90 Å². The molecule has 0 saturated heterocycles. The van der Waals surface area contributed by atoms with Crippen molar-refractivity contribution in [2.24, 2.45) is 5.92 Å². The van der Waals surface area contributed by atoms with Gasteiger partial charge < -0.3 is 10.0 Å². The van der Waals surface area contributed by atoms with Gasteiger partial charge in [-0.2, -0.15) is 0 Å². The predicted octanol–water partition coefficient (Wildman–Crippen LogP) is 3.29. The van der Waals surface area contributed by atoms with E-state index in [0.717, 1.165) is 25.0 Å². The summed E-state index contributed by atoms with van der Waals surface area (Å²) in [5.74, 6) is -2.65. The smallest absolute Gasteiger partial charge is 0.335 e. The molecular formula is C14H17F2NO2. The van der Waals surface area contributed by atoms with Gasteiger partial charge in [0.15, 0.2) is 0 Å². The van der Waals surface area contributed by atoms with Gasteiger partial charge in [0.1, 0.15) is 17.3 Å². The Bertz CT molecular complexity index is 475. The van der Waals surface area contributed by atoms with E-state index in [4.69, 9.17) is 5.11 Å². The molecule has 1 aromatic rings. The molecule has 1 aliphatic rings. The van der Waals surface area contributed by atoms with E-state index in [0.29, 0.717) is 6.54 Å². The average Bonchev–Trinajstić information content (AvgIpc) is 3.09. The first-order chi connectivity index (χ1) is 8.90. The molecule has 0 aromatic heterocycles. The van der Waals surface area contributed by atoms with Crippen LogP contribution in [0.25, 0.3) is 0 Å². The van der Waals surface area contributed by atoms with E-state index >= 15 is 0 Å². The molecule has 0 atom stereocenters. The van der Waals surface area contributed by atoms with Crippen molar-refractivity contribution in [2.75, 3.05) is 11.4 Å². The van der Waals surface area contributed by atoms with Gasteiger partial charge in [-0.05, 0) is 30.9 Å². The third-order valence-electron chi connectivity index (χ3n) is 3.10. The maximum absolute atomic E-state index is 14.0. The molecule has 104 valence electrons. The lowest BCUT2D eigenvalue weighted by atomic mass is 10.1. The number of benzene rings is 1. The second-order valence-corrected chi connectivity index (χ2v) is 5.37. The highest BCUT2D eigenvalue weighted by molar-refractivity contribution is 5.88. The Labute approximate surface area is 110 Å². The molecule has 0 bridgehead atoms. The SMILES string of the molecule is CC(C)CN(c1c(F)cc(C(=O)O)cc1F)C1CC1. The van der Waals surface area contributed by atoms with Crippen molar-refractivity contribution < 1.29 is 18.7 Å². The highest BCUT2D eigenvalue weighted by Gasteiger charge is 2.33. The molecule has 0 spiro atoms. The van der Waals surface area contributed by atoms with E-state index < -0.39 is 17.6 Å². The number of rotatable bonds is 5. The number of anilines is 1. The fourth-order valence-electron chi connectivity index (χ4n) is 2.17. The minimum Gasteiger partial charge on any atom is -0.478 e. The maximum Gasteiger partial charge on any atom is 0.335 e. The Morgan fingerprint density at radius 2 is 1.89 bits per heavy atom. The fraction of sp³-hybridized carbons (Fsp3) is 0.500. The van der Waals surface area contributed by atoms with Crippen LogP contribution in [0, 0.1) is 17.6 Å². The van der Waals surface area contributed by atoms with Gasteiger partial charge in [0.05, 0.1) is 5.56 Å². The molecule has 0 amide bonds. The molecule has 1 N–H and O–H groups in total. The van der Waals surface area contributed by atoms with Crippen LogP contribution in [0.2, 0.25) is 0 Å². The summed E-state index contributed by atoms with van der Waals surface area (Å²) >= 11 is 0. The maximum atomic E-state index is 14.0. The van der Waals surface area contributed by atoms with Crippen molar-refractivity contribution in [3.63, 3.8) is 0 Å². The lowest BCUT2D eigenvalue weighted by Gasteiger charge is -2.27. The van der Waals surface area contributed by atoms with E-state index in [2.05, 4.69) is 0 Å². The molecule has 0 radical (unpaired) electrons. The number of aromatic carboxylic acids is 1. The van der Waals surface area contributed by atoms with Crippen LogP contribution in [0.4, 0.5) is 14.5 Å². The average molecular weight is 269 g/mol. The number of nitrogens with zero attached hydrogens (tertiary/aromatic N) is 1. The van der Waals surface area contributed by atoms with Crippen molar-refractivity contribution >= 4 is 11.7 Å². The summed E-state index contributed by atoms with van der Waals surface area (Å²) in [5, 5.41) is 8.78. The molecule has 0 heterocycles. The highest BCUT2D eigenvalue weighted by atomic mass is 19.1. The third kappa shape index (κ3) is 3.03. The second kappa shape index (κ2) is 5.15. The minimum atomic E-state index is -1.33. The Morgan fingerprint density at radius 3 is 2.26 bits per heavy atom. The van der Waals surface area contributed by atoms with Crippen LogP contribution in [0.15, 0.2) is 12.1 Å². The van der Waals surface area contributed by atoms with Gasteiger partial charge in [0, 0.05) is 12.6 Å². The first-order valence-electron chi connectivity index (χ1n) is 6.39. The van der Waals surface area contributed by atoms with Gasteiger partial charge in [-0.1, -0.05) is 13.8 Å². The largest absolute Gasteiger partial charge is 0.478 e. The standard InChI is InChI=1S/C14H17F2NO2/c1-8(2)7-17(10-3-4-10)13-11(15)5-9(14(18)19)6-12(13)16/h5-6,8,10H,3-4,7H2,1-2H3,(H,18,19). The Balaban J connectivity index is 2.39. The molecule has 2 rings (SSSR count). The van der Waals surface area contributed by atoms with Gasteiger partial charge in [0.25, 0.3) is 0 Å². The van der Waals surface area contributed by atoms with Gasteiger partial charge in [-0.15, -0.1) is 0 Å². The summed E-state index contributed by atoms with van der Waals surface area (Å²) in [7, 11) is 0. The second-order valence-electron chi connectivity index (χ2n) is 5.37. The van der Waals surface area contributed by atoms with Gasteiger partial charge in [-0.3, -0.25) is 0 Å². The summed E-state index contributed by atoms with van der Waals surface area (Å²) in [6.45, 7) is 4.53. The summed E-state index contributed by atoms with van der Waals surface area (Å²) in [6, 6.07) is 1.94. The van der Waals surface area contributed by atoms with Crippen LogP contribution in [-0.2, 0) is 0 Å². The molecule has 0 aliphatic heterocycles. The fourth-order valence-corrected chi connectivity index (χ4v) is 2.17. The number of carboxylic acid groups (broad SMARTS) is 1. The van der Waals surface area contributed by atoms with Crippen LogP contribution in [0.1, 0.15) is 37.0 Å². The highest BCUT2D eigenvalue weighted by Crippen LogP contribution is 2.35. The van der Waals surface area contributed by atoms with Crippen LogP contribution in [-0.4, -0.2) is 23.7 Å². The molecule has 5 heteroatoms.